The van der Waals surface area contributed by atoms with Crippen molar-refractivity contribution in [3.05, 3.63) is 60.4 Å². The van der Waals surface area contributed by atoms with Gasteiger partial charge in [0.15, 0.2) is 15.8 Å². The standard InChI is InChI=1S/C20H23FN4O3S.HI/c1-22-20(23-11-12-29(27,28)18-10-6-5-9-17(18)21)24-15-13-19(26)25(14-15)16-7-3-2-4-8-16;/h2-10,15H,11-14H2,1H3,(H2,22,23,24);1H. The lowest BCUT2D eigenvalue weighted by Gasteiger charge is -2.19. The van der Waals surface area contributed by atoms with E-state index < -0.39 is 15.7 Å². The quantitative estimate of drug-likeness (QED) is 0.330. The van der Waals surface area contributed by atoms with Crippen LogP contribution in [-0.2, 0) is 14.6 Å². The number of nitrogens with one attached hydrogen (secondary N) is 2. The Labute approximate surface area is 192 Å². The maximum absolute atomic E-state index is 13.7. The fourth-order valence-electron chi connectivity index (χ4n) is 3.16. The molecule has 3 rings (SSSR count). The first-order chi connectivity index (χ1) is 13.9. The van der Waals surface area contributed by atoms with E-state index in [1.54, 1.807) is 11.9 Å². The molecule has 30 heavy (non-hydrogen) atoms. The van der Waals surface area contributed by atoms with Crippen LogP contribution in [0.4, 0.5) is 10.1 Å². The fourth-order valence-corrected chi connectivity index (χ4v) is 4.40. The predicted octanol–water partition coefficient (Wildman–Crippen LogP) is 2.19. The molecule has 7 nitrogen and oxygen atoms in total. The molecule has 0 radical (unpaired) electrons. The van der Waals surface area contributed by atoms with Gasteiger partial charge in [-0.15, -0.1) is 24.0 Å². The topological polar surface area (TPSA) is 90.9 Å². The summed E-state index contributed by atoms with van der Waals surface area (Å²) in [6.45, 7) is 0.538. The zero-order valence-corrected chi connectivity index (χ0v) is 19.6. The molecule has 1 amide bonds. The average molecular weight is 546 g/mol. The van der Waals surface area contributed by atoms with E-state index >= 15 is 0 Å². The molecule has 0 bridgehead atoms. The minimum absolute atomic E-state index is 0. The highest BCUT2D eigenvalue weighted by molar-refractivity contribution is 14.0. The second-order valence-corrected chi connectivity index (χ2v) is 8.71. The molecule has 1 fully saturated rings. The molecule has 1 aliphatic heterocycles. The molecule has 1 atom stereocenters. The zero-order chi connectivity index (χ0) is 20.9. The minimum Gasteiger partial charge on any atom is -0.355 e. The van der Waals surface area contributed by atoms with E-state index in [0.29, 0.717) is 18.9 Å². The van der Waals surface area contributed by atoms with Crippen LogP contribution in [0.1, 0.15) is 6.42 Å². The lowest BCUT2D eigenvalue weighted by Crippen LogP contribution is -2.45. The number of amides is 1. The number of para-hydroxylation sites is 1. The van der Waals surface area contributed by atoms with Gasteiger partial charge < -0.3 is 15.5 Å². The van der Waals surface area contributed by atoms with E-state index in [2.05, 4.69) is 15.6 Å². The Morgan fingerprint density at radius 1 is 1.17 bits per heavy atom. The smallest absolute Gasteiger partial charge is 0.229 e. The van der Waals surface area contributed by atoms with E-state index in [4.69, 9.17) is 0 Å². The first kappa shape index (κ1) is 24.1. The van der Waals surface area contributed by atoms with Gasteiger partial charge in [-0.1, -0.05) is 30.3 Å². The molecule has 1 heterocycles. The molecular weight excluding hydrogens is 522 g/mol. The minimum atomic E-state index is -3.76. The number of halogens is 2. The Hall–Kier alpha value is -2.21. The molecule has 0 aliphatic carbocycles. The fraction of sp³-hybridized carbons (Fsp3) is 0.300. The molecule has 1 aliphatic rings. The van der Waals surface area contributed by atoms with Crippen molar-refractivity contribution in [2.45, 2.75) is 17.4 Å². The van der Waals surface area contributed by atoms with Crippen molar-refractivity contribution in [2.24, 2.45) is 4.99 Å². The number of sulfone groups is 1. The molecule has 10 heteroatoms. The van der Waals surface area contributed by atoms with Crippen LogP contribution < -0.4 is 15.5 Å². The summed E-state index contributed by atoms with van der Waals surface area (Å²) in [5.41, 5.74) is 0.834. The number of aliphatic imine (C=N–C) groups is 1. The van der Waals surface area contributed by atoms with Crippen LogP contribution in [0.5, 0.6) is 0 Å². The third-order valence-corrected chi connectivity index (χ3v) is 6.34. The molecule has 1 unspecified atom stereocenters. The van der Waals surface area contributed by atoms with Crippen molar-refractivity contribution in [1.29, 1.82) is 0 Å². The lowest BCUT2D eigenvalue weighted by molar-refractivity contribution is -0.117. The van der Waals surface area contributed by atoms with Gasteiger partial charge in [0.05, 0.1) is 11.8 Å². The molecule has 2 aromatic rings. The zero-order valence-electron chi connectivity index (χ0n) is 16.4. The largest absolute Gasteiger partial charge is 0.355 e. The molecular formula is C20H24FIN4O3S. The van der Waals surface area contributed by atoms with Crippen LogP contribution in [0.3, 0.4) is 0 Å². The number of rotatable bonds is 6. The molecule has 0 aromatic heterocycles. The van der Waals surface area contributed by atoms with Gasteiger partial charge in [-0.2, -0.15) is 0 Å². The van der Waals surface area contributed by atoms with Gasteiger partial charge in [0.1, 0.15) is 10.7 Å². The Bertz CT molecular complexity index is 1000. The van der Waals surface area contributed by atoms with Crippen molar-refractivity contribution < 1.29 is 17.6 Å². The number of guanidine groups is 1. The number of nitrogens with zero attached hydrogens (tertiary/aromatic N) is 2. The normalized spacial score (nSPS) is 16.9. The highest BCUT2D eigenvalue weighted by atomic mass is 127. The molecule has 162 valence electrons. The van der Waals surface area contributed by atoms with Crippen molar-refractivity contribution in [3.63, 3.8) is 0 Å². The monoisotopic (exact) mass is 546 g/mol. The Morgan fingerprint density at radius 2 is 1.83 bits per heavy atom. The summed E-state index contributed by atoms with van der Waals surface area (Å²) < 4.78 is 38.4. The van der Waals surface area contributed by atoms with E-state index in [1.165, 1.54) is 18.2 Å². The van der Waals surface area contributed by atoms with E-state index in [0.717, 1.165) is 11.8 Å². The first-order valence-corrected chi connectivity index (χ1v) is 10.9. The van der Waals surface area contributed by atoms with E-state index in [1.807, 2.05) is 30.3 Å². The van der Waals surface area contributed by atoms with E-state index in [9.17, 15) is 17.6 Å². The number of hydrogen-bond acceptors (Lipinski definition) is 4. The molecule has 2 N–H and O–H groups in total. The summed E-state index contributed by atoms with van der Waals surface area (Å²) in [6.07, 6.45) is 0.309. The highest BCUT2D eigenvalue weighted by Gasteiger charge is 2.31. The van der Waals surface area contributed by atoms with Gasteiger partial charge in [-0.25, -0.2) is 12.8 Å². The molecule has 0 spiro atoms. The highest BCUT2D eigenvalue weighted by Crippen LogP contribution is 2.21. The van der Waals surface area contributed by atoms with Gasteiger partial charge in [0.25, 0.3) is 0 Å². The molecule has 1 saturated heterocycles. The Kier molecular flexibility index (Phi) is 8.59. The molecule has 0 saturated carbocycles. The number of benzene rings is 2. The number of anilines is 1. The van der Waals surface area contributed by atoms with Crippen molar-refractivity contribution >= 4 is 51.4 Å². The number of hydrogen-bond donors (Lipinski definition) is 2. The summed E-state index contributed by atoms with van der Waals surface area (Å²) in [6, 6.07) is 14.5. The second-order valence-electron chi connectivity index (χ2n) is 6.63. The summed E-state index contributed by atoms with van der Waals surface area (Å²) in [4.78, 5) is 17.8. The lowest BCUT2D eigenvalue weighted by atomic mass is 10.2. The third-order valence-electron chi connectivity index (χ3n) is 4.59. The van der Waals surface area contributed by atoms with Crippen LogP contribution in [0.25, 0.3) is 0 Å². The average Bonchev–Trinajstić information content (AvgIpc) is 3.08. The number of carbonyl (C=O) groups is 1. The van der Waals surface area contributed by atoms with Crippen LogP contribution in [-0.4, -0.2) is 52.2 Å². The van der Waals surface area contributed by atoms with Gasteiger partial charge in [-0.3, -0.25) is 9.79 Å². The third kappa shape index (κ3) is 5.91. The van der Waals surface area contributed by atoms with E-state index in [-0.39, 0.29) is 53.1 Å². The SMILES string of the molecule is CN=C(NCCS(=O)(=O)c1ccccc1F)NC1CC(=O)N(c2ccccc2)C1.I. The van der Waals surface area contributed by atoms with Crippen LogP contribution in [0.15, 0.2) is 64.5 Å². The molecule has 2 aromatic carbocycles. The summed E-state index contributed by atoms with van der Waals surface area (Å²) >= 11 is 0. The van der Waals surface area contributed by atoms with Crippen molar-refractivity contribution in [1.82, 2.24) is 10.6 Å². The van der Waals surface area contributed by atoms with Crippen molar-refractivity contribution in [3.8, 4) is 0 Å². The van der Waals surface area contributed by atoms with Crippen LogP contribution >= 0.6 is 24.0 Å². The predicted molar refractivity (Wildman–Crippen MR) is 126 cm³/mol. The van der Waals surface area contributed by atoms with Gasteiger partial charge in [-0.05, 0) is 24.3 Å². The summed E-state index contributed by atoms with van der Waals surface area (Å²) in [5.74, 6) is -0.651. The second kappa shape index (κ2) is 10.7. The van der Waals surface area contributed by atoms with Gasteiger partial charge in [0, 0.05) is 32.2 Å². The van der Waals surface area contributed by atoms with Crippen LogP contribution in [0.2, 0.25) is 0 Å². The van der Waals surface area contributed by atoms with Gasteiger partial charge in [0.2, 0.25) is 5.91 Å². The van der Waals surface area contributed by atoms with Gasteiger partial charge >= 0.3 is 0 Å². The van der Waals surface area contributed by atoms with Crippen molar-refractivity contribution in [2.75, 3.05) is 30.8 Å². The number of carbonyl (C=O) groups excluding carboxylic acids is 1. The maximum atomic E-state index is 13.7. The first-order valence-electron chi connectivity index (χ1n) is 9.20. The summed E-state index contributed by atoms with van der Waals surface area (Å²) in [7, 11) is -2.20. The maximum Gasteiger partial charge on any atom is 0.229 e. The Balaban J connectivity index is 0.00000320. The summed E-state index contributed by atoms with van der Waals surface area (Å²) in [5, 5.41) is 6.06. The Morgan fingerprint density at radius 3 is 2.50 bits per heavy atom. The van der Waals surface area contributed by atoms with Crippen LogP contribution in [0, 0.1) is 5.82 Å².